The smallest absolute Gasteiger partial charge is 0.261 e. The van der Waals surface area contributed by atoms with E-state index in [1.54, 1.807) is 28.1 Å². The van der Waals surface area contributed by atoms with Gasteiger partial charge in [-0.3, -0.25) is 14.4 Å². The summed E-state index contributed by atoms with van der Waals surface area (Å²) in [4.78, 5) is 41.2. The van der Waals surface area contributed by atoms with Crippen molar-refractivity contribution in [2.75, 3.05) is 32.7 Å². The molecular weight excluding hydrogens is 326 g/mol. The highest BCUT2D eigenvalue weighted by Gasteiger charge is 2.23. The average molecular weight is 349 g/mol. The third-order valence-electron chi connectivity index (χ3n) is 4.70. The Bertz CT molecular complexity index is 624. The summed E-state index contributed by atoms with van der Waals surface area (Å²) in [6, 6.07) is 1.98. The Morgan fingerprint density at radius 1 is 1.08 bits per heavy atom. The number of hydrogen-bond donors (Lipinski definition) is 1. The largest absolute Gasteiger partial charge is 0.342 e. The van der Waals surface area contributed by atoms with Gasteiger partial charge in [-0.1, -0.05) is 0 Å². The molecule has 24 heavy (non-hydrogen) atoms. The lowest BCUT2D eigenvalue weighted by molar-refractivity contribution is -0.137. The molecule has 1 N–H and O–H groups in total. The Hall–Kier alpha value is -1.89. The highest BCUT2D eigenvalue weighted by atomic mass is 32.1. The maximum Gasteiger partial charge on any atom is 0.261 e. The highest BCUT2D eigenvalue weighted by Crippen LogP contribution is 2.29. The fourth-order valence-electron chi connectivity index (χ4n) is 3.23. The third kappa shape index (κ3) is 3.77. The zero-order valence-corrected chi connectivity index (χ0v) is 14.8. The van der Waals surface area contributed by atoms with E-state index in [-0.39, 0.29) is 24.3 Å². The van der Waals surface area contributed by atoms with Crippen molar-refractivity contribution in [3.8, 4) is 0 Å². The molecule has 130 valence electrons. The Morgan fingerprint density at radius 2 is 1.75 bits per heavy atom. The van der Waals surface area contributed by atoms with E-state index in [0.717, 1.165) is 12.8 Å². The van der Waals surface area contributed by atoms with Crippen LogP contribution in [0.1, 0.15) is 39.9 Å². The summed E-state index contributed by atoms with van der Waals surface area (Å²) < 4.78 is 0. The topological polar surface area (TPSA) is 69.7 Å². The number of nitrogens with zero attached hydrogens (tertiary/aromatic N) is 2. The van der Waals surface area contributed by atoms with Crippen molar-refractivity contribution in [3.63, 3.8) is 0 Å². The number of hydrogen-bond acceptors (Lipinski definition) is 4. The Morgan fingerprint density at radius 3 is 2.42 bits per heavy atom. The van der Waals surface area contributed by atoms with Crippen LogP contribution in [0.15, 0.2) is 6.07 Å². The number of fused-ring (bicyclic) bond motifs is 1. The van der Waals surface area contributed by atoms with Gasteiger partial charge in [0.15, 0.2) is 0 Å². The van der Waals surface area contributed by atoms with Crippen LogP contribution in [0.5, 0.6) is 0 Å². The van der Waals surface area contributed by atoms with Crippen molar-refractivity contribution in [2.24, 2.45) is 0 Å². The van der Waals surface area contributed by atoms with Crippen LogP contribution in [-0.2, 0) is 22.4 Å². The van der Waals surface area contributed by atoms with Gasteiger partial charge in [-0.05, 0) is 37.3 Å². The number of aryl methyl sites for hydroxylation is 2. The predicted molar refractivity (Wildman–Crippen MR) is 92.1 cm³/mol. The number of thiophene rings is 1. The first-order valence-corrected chi connectivity index (χ1v) is 9.29. The van der Waals surface area contributed by atoms with Crippen LogP contribution in [0.4, 0.5) is 0 Å². The van der Waals surface area contributed by atoms with Gasteiger partial charge in [-0.15, -0.1) is 11.3 Å². The second kappa shape index (κ2) is 7.34. The summed E-state index contributed by atoms with van der Waals surface area (Å²) in [7, 11) is 0. The number of carbonyl (C=O) groups is 3. The van der Waals surface area contributed by atoms with E-state index in [1.165, 1.54) is 23.3 Å². The predicted octanol–water partition coefficient (Wildman–Crippen LogP) is 1.05. The molecule has 3 amide bonds. The van der Waals surface area contributed by atoms with Gasteiger partial charge >= 0.3 is 0 Å². The Labute approximate surface area is 145 Å². The molecule has 2 aliphatic rings. The van der Waals surface area contributed by atoms with Crippen LogP contribution >= 0.6 is 11.3 Å². The lowest BCUT2D eigenvalue weighted by Gasteiger charge is -2.34. The maximum atomic E-state index is 12.3. The minimum Gasteiger partial charge on any atom is -0.342 e. The highest BCUT2D eigenvalue weighted by molar-refractivity contribution is 7.14. The summed E-state index contributed by atoms with van der Waals surface area (Å²) in [5.41, 5.74) is 1.29. The molecule has 0 aromatic carbocycles. The Balaban J connectivity index is 1.48. The molecule has 0 unspecified atom stereocenters. The monoisotopic (exact) mass is 349 g/mol. The second-order valence-corrected chi connectivity index (χ2v) is 7.47. The summed E-state index contributed by atoms with van der Waals surface area (Å²) in [6.45, 7) is 3.74. The van der Waals surface area contributed by atoms with E-state index in [1.807, 2.05) is 6.07 Å². The SMILES string of the molecule is CC(=O)N1CCN(C(=O)CNC(=O)c2cc3c(s2)CCCC3)CC1. The first-order valence-electron chi connectivity index (χ1n) is 8.47. The van der Waals surface area contributed by atoms with Crippen LogP contribution < -0.4 is 5.32 Å². The lowest BCUT2D eigenvalue weighted by atomic mass is 9.99. The first-order chi connectivity index (χ1) is 11.5. The molecule has 0 spiro atoms. The zero-order chi connectivity index (χ0) is 17.1. The van der Waals surface area contributed by atoms with E-state index < -0.39 is 0 Å². The molecule has 2 heterocycles. The van der Waals surface area contributed by atoms with Crippen molar-refractivity contribution in [3.05, 3.63) is 21.4 Å². The average Bonchev–Trinajstić information content (AvgIpc) is 3.03. The van der Waals surface area contributed by atoms with Gasteiger partial charge in [0.05, 0.1) is 11.4 Å². The number of carbonyl (C=O) groups excluding carboxylic acids is 3. The van der Waals surface area contributed by atoms with Gasteiger partial charge in [0.2, 0.25) is 11.8 Å². The first kappa shape index (κ1) is 17.0. The molecule has 7 heteroatoms. The fraction of sp³-hybridized carbons (Fsp3) is 0.588. The van der Waals surface area contributed by atoms with Crippen molar-refractivity contribution in [1.29, 1.82) is 0 Å². The van der Waals surface area contributed by atoms with Crippen LogP contribution in [0.2, 0.25) is 0 Å². The normalized spacial score (nSPS) is 17.4. The molecular formula is C17H23N3O3S. The molecule has 6 nitrogen and oxygen atoms in total. The van der Waals surface area contributed by atoms with Gasteiger partial charge in [-0.2, -0.15) is 0 Å². The molecule has 0 bridgehead atoms. The molecule has 1 aliphatic carbocycles. The van der Waals surface area contributed by atoms with Gasteiger partial charge in [0.25, 0.3) is 5.91 Å². The number of piperazine rings is 1. The number of nitrogens with one attached hydrogen (secondary N) is 1. The molecule has 0 saturated carbocycles. The van der Waals surface area contributed by atoms with E-state index >= 15 is 0 Å². The van der Waals surface area contributed by atoms with Crippen LogP contribution in [0, 0.1) is 0 Å². The maximum absolute atomic E-state index is 12.3. The summed E-state index contributed by atoms with van der Waals surface area (Å²) >= 11 is 1.55. The van der Waals surface area contributed by atoms with E-state index in [9.17, 15) is 14.4 Å². The minimum absolute atomic E-state index is 0.0153. The molecule has 0 radical (unpaired) electrons. The summed E-state index contributed by atoms with van der Waals surface area (Å²) in [5.74, 6) is -0.213. The molecule has 0 atom stereocenters. The van der Waals surface area contributed by atoms with Crippen LogP contribution in [0.25, 0.3) is 0 Å². The fourth-order valence-corrected chi connectivity index (χ4v) is 4.40. The lowest BCUT2D eigenvalue weighted by Crippen LogP contribution is -2.52. The molecule has 3 rings (SSSR count). The quantitative estimate of drug-likeness (QED) is 0.887. The van der Waals surface area contributed by atoms with Crippen molar-refractivity contribution < 1.29 is 14.4 Å². The molecule has 1 aromatic rings. The van der Waals surface area contributed by atoms with Gasteiger partial charge in [0, 0.05) is 38.0 Å². The van der Waals surface area contributed by atoms with Crippen molar-refractivity contribution in [2.45, 2.75) is 32.6 Å². The van der Waals surface area contributed by atoms with Crippen LogP contribution in [-0.4, -0.2) is 60.2 Å². The minimum atomic E-state index is -0.162. The third-order valence-corrected chi connectivity index (χ3v) is 5.93. The van der Waals surface area contributed by atoms with E-state index in [2.05, 4.69) is 5.32 Å². The zero-order valence-electron chi connectivity index (χ0n) is 14.0. The summed E-state index contributed by atoms with van der Waals surface area (Å²) in [5, 5.41) is 2.74. The number of rotatable bonds is 3. The van der Waals surface area contributed by atoms with Crippen LogP contribution in [0.3, 0.4) is 0 Å². The van der Waals surface area contributed by atoms with Crippen molar-refractivity contribution in [1.82, 2.24) is 15.1 Å². The standard InChI is InChI=1S/C17H23N3O3S/c1-12(21)19-6-8-20(9-7-19)16(22)11-18-17(23)15-10-13-4-2-3-5-14(13)24-15/h10H,2-9,11H2,1H3,(H,18,23). The molecule has 1 aliphatic heterocycles. The van der Waals surface area contributed by atoms with Gasteiger partial charge in [-0.25, -0.2) is 0 Å². The molecule has 1 aromatic heterocycles. The Kier molecular flexibility index (Phi) is 5.18. The number of amides is 3. The molecule has 1 saturated heterocycles. The van der Waals surface area contributed by atoms with Gasteiger partial charge in [0.1, 0.15) is 0 Å². The summed E-state index contributed by atoms with van der Waals surface area (Å²) in [6.07, 6.45) is 4.50. The second-order valence-electron chi connectivity index (χ2n) is 6.34. The van der Waals surface area contributed by atoms with E-state index in [0.29, 0.717) is 31.1 Å². The van der Waals surface area contributed by atoms with Crippen molar-refractivity contribution >= 4 is 29.1 Å². The van der Waals surface area contributed by atoms with E-state index in [4.69, 9.17) is 0 Å². The van der Waals surface area contributed by atoms with Gasteiger partial charge < -0.3 is 15.1 Å². The molecule has 1 fully saturated rings.